The second-order valence-corrected chi connectivity index (χ2v) is 9.14. The summed E-state index contributed by atoms with van der Waals surface area (Å²) in [6.45, 7) is 3.85. The molecule has 1 aliphatic heterocycles. The first-order valence-electron chi connectivity index (χ1n) is 11.1. The summed E-state index contributed by atoms with van der Waals surface area (Å²) in [5.41, 5.74) is 2.89. The molecule has 31 heavy (non-hydrogen) atoms. The van der Waals surface area contributed by atoms with Gasteiger partial charge in [-0.2, -0.15) is 19.6 Å². The number of hydrogen-bond donors (Lipinski definition) is 3. The third kappa shape index (κ3) is 4.27. The van der Waals surface area contributed by atoms with Crippen LogP contribution in [0.2, 0.25) is 0 Å². The van der Waals surface area contributed by atoms with Gasteiger partial charge in [-0.25, -0.2) is 0 Å². The molecule has 9 heteroatoms. The molecule has 0 bridgehead atoms. The van der Waals surface area contributed by atoms with Gasteiger partial charge in [0.15, 0.2) is 5.65 Å². The summed E-state index contributed by atoms with van der Waals surface area (Å²) in [7, 11) is 4.31. The summed E-state index contributed by atoms with van der Waals surface area (Å²) in [5, 5.41) is 14.3. The molecule has 3 aliphatic rings. The largest absolute Gasteiger partial charge is 0.351 e. The lowest BCUT2D eigenvalue weighted by Crippen LogP contribution is -2.36. The van der Waals surface area contributed by atoms with E-state index in [0.29, 0.717) is 53.4 Å². The minimum atomic E-state index is -0.106. The molecule has 2 saturated carbocycles. The number of anilines is 2. The van der Waals surface area contributed by atoms with Crippen LogP contribution in [0.4, 0.5) is 11.9 Å². The number of nitrogens with zero attached hydrogens (tertiary/aromatic N) is 5. The highest BCUT2D eigenvalue weighted by molar-refractivity contribution is 6.02. The summed E-state index contributed by atoms with van der Waals surface area (Å²) in [5.74, 6) is 1.21. The van der Waals surface area contributed by atoms with Crippen molar-refractivity contribution in [3.8, 4) is 0 Å². The molecule has 0 unspecified atom stereocenters. The second kappa shape index (κ2) is 7.96. The lowest BCUT2D eigenvalue weighted by Gasteiger charge is -2.33. The highest BCUT2D eigenvalue weighted by atomic mass is 16.2. The standard InChI is InChI=1S/C22H30N8O/c1-13-10-14(20(31)24-13)11-15-12-23-30-19(15)27-21(28-22(30)26-17-4-5-17)25-16-6-8-18(9-7-16)29(2)3/h11-12,16-18H,1,4-10H2,2-3H3,(H,24,31)(H2,25,26,27,28)/b14-11+. The molecule has 3 N–H and O–H groups in total. The lowest BCUT2D eigenvalue weighted by atomic mass is 9.91. The van der Waals surface area contributed by atoms with Gasteiger partial charge in [0.1, 0.15) is 0 Å². The molecule has 164 valence electrons. The molecule has 0 spiro atoms. The van der Waals surface area contributed by atoms with Gasteiger partial charge in [0.25, 0.3) is 5.91 Å². The summed E-state index contributed by atoms with van der Waals surface area (Å²) >= 11 is 0. The van der Waals surface area contributed by atoms with Crippen molar-refractivity contribution >= 4 is 29.5 Å². The molecular formula is C22H30N8O. The minimum Gasteiger partial charge on any atom is -0.351 e. The van der Waals surface area contributed by atoms with Gasteiger partial charge in [-0.3, -0.25) is 4.79 Å². The zero-order valence-electron chi connectivity index (χ0n) is 18.2. The van der Waals surface area contributed by atoms with Crippen LogP contribution in [0.5, 0.6) is 0 Å². The molecule has 0 radical (unpaired) electrons. The number of rotatable bonds is 6. The van der Waals surface area contributed by atoms with Crippen molar-refractivity contribution in [3.63, 3.8) is 0 Å². The van der Waals surface area contributed by atoms with Crippen LogP contribution >= 0.6 is 0 Å². The van der Waals surface area contributed by atoms with Crippen LogP contribution in [0.3, 0.4) is 0 Å². The van der Waals surface area contributed by atoms with Crippen LogP contribution in [-0.2, 0) is 4.79 Å². The fourth-order valence-corrected chi connectivity index (χ4v) is 4.38. The number of carbonyl (C=O) groups excluding carboxylic acids is 1. The topological polar surface area (TPSA) is 99.5 Å². The molecule has 1 saturated heterocycles. The maximum Gasteiger partial charge on any atom is 0.251 e. The normalized spacial score (nSPS) is 25.5. The Morgan fingerprint density at radius 2 is 1.84 bits per heavy atom. The Hall–Kier alpha value is -2.94. The van der Waals surface area contributed by atoms with Crippen molar-refractivity contribution < 1.29 is 4.79 Å². The van der Waals surface area contributed by atoms with E-state index in [-0.39, 0.29) is 5.91 Å². The molecule has 3 heterocycles. The van der Waals surface area contributed by atoms with Gasteiger partial charge < -0.3 is 20.9 Å². The van der Waals surface area contributed by atoms with E-state index >= 15 is 0 Å². The molecule has 2 aromatic heterocycles. The van der Waals surface area contributed by atoms with Crippen LogP contribution in [0, 0.1) is 0 Å². The van der Waals surface area contributed by atoms with Crippen LogP contribution in [0.15, 0.2) is 24.0 Å². The number of hydrogen-bond acceptors (Lipinski definition) is 7. The van der Waals surface area contributed by atoms with E-state index in [1.165, 1.54) is 12.8 Å². The van der Waals surface area contributed by atoms with E-state index in [1.807, 2.05) is 6.08 Å². The van der Waals surface area contributed by atoms with E-state index in [0.717, 1.165) is 31.2 Å². The Bertz CT molecular complexity index is 1040. The van der Waals surface area contributed by atoms with E-state index in [4.69, 9.17) is 9.97 Å². The van der Waals surface area contributed by atoms with Gasteiger partial charge in [0.05, 0.1) is 6.20 Å². The van der Waals surface area contributed by atoms with Gasteiger partial charge in [-0.05, 0) is 58.7 Å². The molecule has 2 aromatic rings. The zero-order chi connectivity index (χ0) is 21.5. The Balaban J connectivity index is 1.44. The van der Waals surface area contributed by atoms with Gasteiger partial charge in [0.2, 0.25) is 11.9 Å². The predicted molar refractivity (Wildman–Crippen MR) is 121 cm³/mol. The Labute approximate surface area is 182 Å². The SMILES string of the molecule is C=C1C/C(=C\c2cnn3c(NC4CC4)nc(NC4CCC(N(C)C)CC4)nc23)C(=O)N1. The summed E-state index contributed by atoms with van der Waals surface area (Å²) in [4.78, 5) is 24.0. The monoisotopic (exact) mass is 422 g/mol. The molecule has 9 nitrogen and oxygen atoms in total. The number of amides is 1. The van der Waals surface area contributed by atoms with E-state index in [1.54, 1.807) is 10.7 Å². The third-order valence-electron chi connectivity index (χ3n) is 6.38. The molecule has 0 atom stereocenters. The summed E-state index contributed by atoms with van der Waals surface area (Å²) in [6, 6.07) is 1.45. The minimum absolute atomic E-state index is 0.106. The number of carbonyl (C=O) groups is 1. The zero-order valence-corrected chi connectivity index (χ0v) is 18.2. The van der Waals surface area contributed by atoms with Crippen molar-refractivity contribution in [2.24, 2.45) is 0 Å². The Kier molecular flexibility index (Phi) is 5.13. The molecule has 1 amide bonds. The Morgan fingerprint density at radius 3 is 2.48 bits per heavy atom. The highest BCUT2D eigenvalue weighted by Crippen LogP contribution is 2.28. The molecule has 3 fully saturated rings. The Morgan fingerprint density at radius 1 is 1.13 bits per heavy atom. The molecule has 5 rings (SSSR count). The number of aromatic nitrogens is 4. The fourth-order valence-electron chi connectivity index (χ4n) is 4.38. The van der Waals surface area contributed by atoms with Crippen molar-refractivity contribution in [2.45, 2.75) is 63.1 Å². The molecular weight excluding hydrogens is 392 g/mol. The second-order valence-electron chi connectivity index (χ2n) is 9.14. The van der Waals surface area contributed by atoms with E-state index in [9.17, 15) is 4.79 Å². The first kappa shape index (κ1) is 20.0. The maximum atomic E-state index is 12.1. The maximum absolute atomic E-state index is 12.1. The van der Waals surface area contributed by atoms with Crippen molar-refractivity contribution in [1.29, 1.82) is 0 Å². The van der Waals surface area contributed by atoms with Crippen LogP contribution in [0.25, 0.3) is 11.7 Å². The van der Waals surface area contributed by atoms with Gasteiger partial charge >= 0.3 is 0 Å². The predicted octanol–water partition coefficient (Wildman–Crippen LogP) is 2.40. The van der Waals surface area contributed by atoms with Gasteiger partial charge in [0, 0.05) is 41.4 Å². The van der Waals surface area contributed by atoms with Gasteiger partial charge in [-0.15, -0.1) is 0 Å². The quantitative estimate of drug-likeness (QED) is 0.615. The highest BCUT2D eigenvalue weighted by Gasteiger charge is 2.26. The van der Waals surface area contributed by atoms with Crippen LogP contribution in [-0.4, -0.2) is 62.6 Å². The van der Waals surface area contributed by atoms with Crippen LogP contribution in [0.1, 0.15) is 50.5 Å². The van der Waals surface area contributed by atoms with E-state index in [2.05, 4.69) is 46.6 Å². The van der Waals surface area contributed by atoms with Crippen molar-refractivity contribution in [3.05, 3.63) is 29.6 Å². The number of allylic oxidation sites excluding steroid dienone is 1. The summed E-state index contributed by atoms with van der Waals surface area (Å²) < 4.78 is 1.74. The fraction of sp³-hybridized carbons (Fsp3) is 0.545. The first-order chi connectivity index (χ1) is 15.0. The third-order valence-corrected chi connectivity index (χ3v) is 6.38. The van der Waals surface area contributed by atoms with Crippen molar-refractivity contribution in [2.75, 3.05) is 24.7 Å². The molecule has 0 aromatic carbocycles. The van der Waals surface area contributed by atoms with E-state index < -0.39 is 0 Å². The molecule has 2 aliphatic carbocycles. The average molecular weight is 423 g/mol. The average Bonchev–Trinajstić information content (AvgIpc) is 3.37. The number of fused-ring (bicyclic) bond motifs is 1. The first-order valence-corrected chi connectivity index (χ1v) is 11.1. The lowest BCUT2D eigenvalue weighted by molar-refractivity contribution is -0.115. The number of nitrogens with one attached hydrogen (secondary N) is 3. The van der Waals surface area contributed by atoms with Crippen molar-refractivity contribution in [1.82, 2.24) is 29.8 Å². The smallest absolute Gasteiger partial charge is 0.251 e. The van der Waals surface area contributed by atoms with Gasteiger partial charge in [-0.1, -0.05) is 6.58 Å². The summed E-state index contributed by atoms with van der Waals surface area (Å²) in [6.07, 6.45) is 10.9. The van der Waals surface area contributed by atoms with Crippen LogP contribution < -0.4 is 16.0 Å².